The molecule has 0 bridgehead atoms. The van der Waals surface area contributed by atoms with Crippen LogP contribution in [0.4, 0.5) is 0 Å². The average Bonchev–Trinajstić information content (AvgIpc) is 2.97. The molecule has 3 rings (SSSR count). The highest BCUT2D eigenvalue weighted by Crippen LogP contribution is 2.15. The van der Waals surface area contributed by atoms with Gasteiger partial charge in [-0.05, 0) is 38.5 Å². The van der Waals surface area contributed by atoms with Gasteiger partial charge in [-0.25, -0.2) is 14.3 Å². The van der Waals surface area contributed by atoms with Gasteiger partial charge in [0.25, 0.3) is 11.6 Å². The summed E-state index contributed by atoms with van der Waals surface area (Å²) in [6.07, 6.45) is 0. The maximum absolute atomic E-state index is 12.0. The summed E-state index contributed by atoms with van der Waals surface area (Å²) in [5.41, 5.74) is 2.70. The molecule has 7 nitrogen and oxygen atoms in total. The molecule has 0 N–H and O–H groups in total. The van der Waals surface area contributed by atoms with E-state index in [9.17, 15) is 4.79 Å². The van der Waals surface area contributed by atoms with Crippen LogP contribution < -0.4 is 4.74 Å². The fourth-order valence-corrected chi connectivity index (χ4v) is 2.32. The van der Waals surface area contributed by atoms with E-state index in [0.29, 0.717) is 5.78 Å². The van der Waals surface area contributed by atoms with Gasteiger partial charge in [0.1, 0.15) is 19.0 Å². The highest BCUT2D eigenvalue weighted by molar-refractivity contribution is 5.85. The van der Waals surface area contributed by atoms with Gasteiger partial charge >= 0.3 is 5.97 Å². The molecule has 0 saturated carbocycles. The summed E-state index contributed by atoms with van der Waals surface area (Å²) in [7, 11) is 0. The number of carbonyl (C=O) groups is 1. The van der Waals surface area contributed by atoms with Crippen LogP contribution in [0.25, 0.3) is 5.78 Å². The summed E-state index contributed by atoms with van der Waals surface area (Å²) in [5.74, 6) is 0.559. The topological polar surface area (TPSA) is 78.6 Å². The Kier molecular flexibility index (Phi) is 4.41. The zero-order valence-electron chi connectivity index (χ0n) is 13.8. The molecule has 0 amide bonds. The van der Waals surface area contributed by atoms with Crippen LogP contribution >= 0.6 is 0 Å². The second kappa shape index (κ2) is 6.66. The first-order valence-electron chi connectivity index (χ1n) is 7.61. The van der Waals surface area contributed by atoms with Crippen molar-refractivity contribution in [1.29, 1.82) is 0 Å². The van der Waals surface area contributed by atoms with Crippen molar-refractivity contribution in [3.8, 4) is 5.75 Å². The molecule has 0 unspecified atom stereocenters. The fraction of sp³-hybridized carbons (Fsp3) is 0.294. The number of nitrogens with zero attached hydrogens (tertiary/aromatic N) is 4. The van der Waals surface area contributed by atoms with Crippen molar-refractivity contribution in [1.82, 2.24) is 19.6 Å². The smallest absolute Gasteiger partial charge is 0.378 e. The second-order valence-corrected chi connectivity index (χ2v) is 5.44. The van der Waals surface area contributed by atoms with Crippen LogP contribution in [0.3, 0.4) is 0 Å². The van der Waals surface area contributed by atoms with Crippen molar-refractivity contribution in [2.45, 2.75) is 20.8 Å². The van der Waals surface area contributed by atoms with Crippen LogP contribution in [-0.4, -0.2) is 38.8 Å². The lowest BCUT2D eigenvalue weighted by molar-refractivity contribution is 0.0436. The first kappa shape index (κ1) is 15.9. The lowest BCUT2D eigenvalue weighted by Gasteiger charge is -2.08. The van der Waals surface area contributed by atoms with Crippen LogP contribution in [0, 0.1) is 20.8 Å². The van der Waals surface area contributed by atoms with Gasteiger partial charge < -0.3 is 9.47 Å². The van der Waals surface area contributed by atoms with Gasteiger partial charge in [0, 0.05) is 11.4 Å². The van der Waals surface area contributed by atoms with E-state index in [1.165, 1.54) is 4.52 Å². The third-order valence-electron chi connectivity index (χ3n) is 3.47. The Morgan fingerprint density at radius 1 is 1.12 bits per heavy atom. The molecule has 2 aromatic heterocycles. The molecule has 0 aliphatic heterocycles. The van der Waals surface area contributed by atoms with E-state index in [1.807, 2.05) is 51.1 Å². The molecule has 0 radical (unpaired) electrons. The van der Waals surface area contributed by atoms with Crippen LogP contribution in [0.15, 0.2) is 30.3 Å². The summed E-state index contributed by atoms with van der Waals surface area (Å²) < 4.78 is 12.3. The first-order valence-corrected chi connectivity index (χ1v) is 7.61. The second-order valence-electron chi connectivity index (χ2n) is 5.44. The number of esters is 1. The number of benzene rings is 1. The number of rotatable bonds is 5. The van der Waals surface area contributed by atoms with E-state index in [0.717, 1.165) is 22.7 Å². The summed E-state index contributed by atoms with van der Waals surface area (Å²) >= 11 is 0. The Bertz CT molecular complexity index is 889. The molecule has 0 spiro atoms. The zero-order chi connectivity index (χ0) is 17.1. The minimum atomic E-state index is -0.592. The molecular formula is C17H18N4O3. The van der Waals surface area contributed by atoms with Gasteiger partial charge in [0.15, 0.2) is 0 Å². The number of aromatic nitrogens is 4. The summed E-state index contributed by atoms with van der Waals surface area (Å²) in [6.45, 7) is 6.08. The first-order chi connectivity index (χ1) is 11.5. The molecule has 0 atom stereocenters. The van der Waals surface area contributed by atoms with Gasteiger partial charge in [-0.3, -0.25) is 0 Å². The van der Waals surface area contributed by atoms with Crippen LogP contribution in [0.2, 0.25) is 0 Å². The maximum atomic E-state index is 12.0. The molecular weight excluding hydrogens is 308 g/mol. The molecule has 0 fully saturated rings. The van der Waals surface area contributed by atoms with Gasteiger partial charge in [-0.2, -0.15) is 4.98 Å². The molecule has 0 aliphatic carbocycles. The van der Waals surface area contributed by atoms with E-state index in [-0.39, 0.29) is 19.0 Å². The van der Waals surface area contributed by atoms with Crippen molar-refractivity contribution in [2.24, 2.45) is 0 Å². The van der Waals surface area contributed by atoms with E-state index in [4.69, 9.17) is 9.47 Å². The monoisotopic (exact) mass is 326 g/mol. The lowest BCUT2D eigenvalue weighted by Crippen LogP contribution is -2.14. The van der Waals surface area contributed by atoms with Gasteiger partial charge in [0.05, 0.1) is 0 Å². The Hall–Kier alpha value is -2.96. The molecule has 2 heterocycles. The van der Waals surface area contributed by atoms with Crippen molar-refractivity contribution >= 4 is 11.7 Å². The van der Waals surface area contributed by atoms with Crippen molar-refractivity contribution in [3.05, 3.63) is 53.1 Å². The standard InChI is InChI=1S/C17H18N4O3/c1-11-6-4-5-7-14(11)23-8-9-24-16(22)15-19-17-18-12(2)10-13(3)21(17)20-15/h4-7,10H,8-9H2,1-3H3. The quantitative estimate of drug-likeness (QED) is 0.529. The number of hydrogen-bond donors (Lipinski definition) is 0. The van der Waals surface area contributed by atoms with Crippen molar-refractivity contribution in [2.75, 3.05) is 13.2 Å². The van der Waals surface area contributed by atoms with Gasteiger partial charge in [0.2, 0.25) is 0 Å². The Balaban J connectivity index is 1.59. The third-order valence-corrected chi connectivity index (χ3v) is 3.47. The zero-order valence-corrected chi connectivity index (χ0v) is 13.8. The summed E-state index contributed by atoms with van der Waals surface area (Å²) in [4.78, 5) is 20.4. The average molecular weight is 326 g/mol. The Morgan fingerprint density at radius 2 is 1.92 bits per heavy atom. The van der Waals surface area contributed by atoms with Crippen molar-refractivity contribution < 1.29 is 14.3 Å². The highest BCUT2D eigenvalue weighted by atomic mass is 16.6. The molecule has 1 aromatic carbocycles. The number of hydrogen-bond acceptors (Lipinski definition) is 6. The minimum absolute atomic E-state index is 0.00732. The van der Waals surface area contributed by atoms with Crippen LogP contribution in [0.1, 0.15) is 27.6 Å². The normalized spacial score (nSPS) is 10.8. The van der Waals surface area contributed by atoms with Crippen molar-refractivity contribution in [3.63, 3.8) is 0 Å². The predicted molar refractivity (Wildman–Crippen MR) is 87.2 cm³/mol. The highest BCUT2D eigenvalue weighted by Gasteiger charge is 2.16. The number of carbonyl (C=O) groups excluding carboxylic acids is 1. The van der Waals surface area contributed by atoms with E-state index >= 15 is 0 Å². The lowest BCUT2D eigenvalue weighted by atomic mass is 10.2. The van der Waals surface area contributed by atoms with Gasteiger partial charge in [-0.1, -0.05) is 18.2 Å². The Labute approximate surface area is 139 Å². The van der Waals surface area contributed by atoms with E-state index in [1.54, 1.807) is 0 Å². The summed E-state index contributed by atoms with van der Waals surface area (Å²) in [6, 6.07) is 9.53. The van der Waals surface area contributed by atoms with E-state index in [2.05, 4.69) is 15.1 Å². The van der Waals surface area contributed by atoms with Crippen LogP contribution in [-0.2, 0) is 4.74 Å². The predicted octanol–water partition coefficient (Wildman–Crippen LogP) is 2.29. The summed E-state index contributed by atoms with van der Waals surface area (Å²) in [5, 5.41) is 4.13. The number of aryl methyl sites for hydroxylation is 3. The third kappa shape index (κ3) is 3.34. The molecule has 0 saturated heterocycles. The number of ether oxygens (including phenoxy) is 2. The number of para-hydroxylation sites is 1. The molecule has 3 aromatic rings. The van der Waals surface area contributed by atoms with E-state index < -0.39 is 5.97 Å². The largest absolute Gasteiger partial charge is 0.490 e. The SMILES string of the molecule is Cc1cc(C)n2nc(C(=O)OCCOc3ccccc3C)nc2n1. The minimum Gasteiger partial charge on any atom is -0.490 e. The van der Waals surface area contributed by atoms with Crippen LogP contribution in [0.5, 0.6) is 5.75 Å². The molecule has 24 heavy (non-hydrogen) atoms. The maximum Gasteiger partial charge on any atom is 0.378 e. The Morgan fingerprint density at radius 3 is 2.71 bits per heavy atom. The van der Waals surface area contributed by atoms with Gasteiger partial charge in [-0.15, -0.1) is 5.10 Å². The molecule has 7 heteroatoms. The number of fused-ring (bicyclic) bond motifs is 1. The fourth-order valence-electron chi connectivity index (χ4n) is 2.32. The molecule has 124 valence electrons. The molecule has 0 aliphatic rings.